The predicted octanol–water partition coefficient (Wildman–Crippen LogP) is 1.95. The van der Waals surface area contributed by atoms with Crippen molar-refractivity contribution >= 4 is 5.91 Å². The maximum absolute atomic E-state index is 12.3. The molecular weight excluding hydrogens is 226 g/mol. The van der Waals surface area contributed by atoms with Crippen molar-refractivity contribution in [3.05, 3.63) is 29.1 Å². The number of carbonyl (C=O) groups excluding carboxylic acids is 1. The minimum Gasteiger partial charge on any atom is -0.345 e. The molecule has 0 bridgehead atoms. The van der Waals surface area contributed by atoms with Gasteiger partial charge in [0.15, 0.2) is 0 Å². The van der Waals surface area contributed by atoms with E-state index in [9.17, 15) is 4.79 Å². The molecule has 100 valence electrons. The summed E-state index contributed by atoms with van der Waals surface area (Å²) in [6.07, 6.45) is 1.65. The highest BCUT2D eigenvalue weighted by atomic mass is 16.1. The average Bonchev–Trinajstić information content (AvgIpc) is 2.36. The molecule has 1 rings (SSSR count). The van der Waals surface area contributed by atoms with Crippen LogP contribution in [-0.2, 0) is 0 Å². The Morgan fingerprint density at radius 3 is 2.39 bits per heavy atom. The zero-order chi connectivity index (χ0) is 13.8. The van der Waals surface area contributed by atoms with Crippen molar-refractivity contribution in [3.8, 4) is 0 Å². The quantitative estimate of drug-likeness (QED) is 0.838. The highest BCUT2D eigenvalue weighted by molar-refractivity contribution is 5.95. The highest BCUT2D eigenvalue weighted by Crippen LogP contribution is 2.15. The molecule has 0 aliphatic rings. The van der Waals surface area contributed by atoms with Gasteiger partial charge in [0.25, 0.3) is 5.91 Å². The summed E-state index contributed by atoms with van der Waals surface area (Å²) in [4.78, 5) is 16.6. The minimum absolute atomic E-state index is 0.0887. The molecule has 4 nitrogen and oxygen atoms in total. The molecule has 0 fully saturated rings. The molecule has 1 amide bonds. The number of rotatable bonds is 5. The first kappa shape index (κ1) is 14.6. The largest absolute Gasteiger partial charge is 0.345 e. The fraction of sp³-hybridized carbons (Fsp3) is 0.571. The molecular formula is C14H23N3O. The Hall–Kier alpha value is -1.42. The van der Waals surface area contributed by atoms with E-state index in [4.69, 9.17) is 5.73 Å². The fourth-order valence-electron chi connectivity index (χ4n) is 2.00. The van der Waals surface area contributed by atoms with Crippen LogP contribution < -0.4 is 11.1 Å². The normalized spacial score (nSPS) is 11.4. The number of nitrogens with one attached hydrogen (secondary N) is 1. The second-order valence-corrected chi connectivity index (χ2v) is 4.73. The standard InChI is InChI=1S/C14H23N3O/c1-5-14(6-2,9-15)17-13(18)12-8-7-10(3)16-11(12)4/h7-8H,5-6,9,15H2,1-4H3,(H,17,18). The van der Waals surface area contributed by atoms with Crippen LogP contribution in [-0.4, -0.2) is 23.0 Å². The smallest absolute Gasteiger partial charge is 0.253 e. The van der Waals surface area contributed by atoms with Crippen LogP contribution in [0.5, 0.6) is 0 Å². The minimum atomic E-state index is -0.311. The van der Waals surface area contributed by atoms with Gasteiger partial charge in [0.05, 0.1) is 16.8 Å². The number of aromatic nitrogens is 1. The van der Waals surface area contributed by atoms with E-state index in [1.807, 2.05) is 39.8 Å². The molecule has 1 aromatic rings. The second kappa shape index (κ2) is 5.96. The van der Waals surface area contributed by atoms with E-state index < -0.39 is 0 Å². The molecule has 4 heteroatoms. The predicted molar refractivity (Wildman–Crippen MR) is 73.5 cm³/mol. The zero-order valence-electron chi connectivity index (χ0n) is 11.7. The summed E-state index contributed by atoms with van der Waals surface area (Å²) in [6.45, 7) is 8.29. The lowest BCUT2D eigenvalue weighted by Crippen LogP contribution is -2.53. The van der Waals surface area contributed by atoms with Crippen LogP contribution in [0.3, 0.4) is 0 Å². The third kappa shape index (κ3) is 3.07. The summed E-state index contributed by atoms with van der Waals surface area (Å²) in [7, 11) is 0. The third-order valence-corrected chi connectivity index (χ3v) is 3.59. The van der Waals surface area contributed by atoms with Crippen molar-refractivity contribution in [2.75, 3.05) is 6.54 Å². The molecule has 0 aromatic carbocycles. The number of pyridine rings is 1. The Morgan fingerprint density at radius 2 is 1.94 bits per heavy atom. The van der Waals surface area contributed by atoms with Crippen LogP contribution >= 0.6 is 0 Å². The first-order chi connectivity index (χ1) is 8.48. The SMILES string of the molecule is CCC(CC)(CN)NC(=O)c1ccc(C)nc1C. The van der Waals surface area contributed by atoms with Gasteiger partial charge in [-0.25, -0.2) is 0 Å². The average molecular weight is 249 g/mol. The van der Waals surface area contributed by atoms with E-state index in [0.29, 0.717) is 12.1 Å². The highest BCUT2D eigenvalue weighted by Gasteiger charge is 2.27. The van der Waals surface area contributed by atoms with Gasteiger partial charge in [-0.1, -0.05) is 13.8 Å². The van der Waals surface area contributed by atoms with E-state index in [2.05, 4.69) is 10.3 Å². The lowest BCUT2D eigenvalue weighted by Gasteiger charge is -2.31. The van der Waals surface area contributed by atoms with Crippen molar-refractivity contribution in [1.29, 1.82) is 0 Å². The lowest BCUT2D eigenvalue weighted by atomic mass is 9.92. The maximum Gasteiger partial charge on any atom is 0.253 e. The van der Waals surface area contributed by atoms with Crippen molar-refractivity contribution in [2.45, 2.75) is 46.1 Å². The third-order valence-electron chi connectivity index (χ3n) is 3.59. The Morgan fingerprint density at radius 1 is 1.33 bits per heavy atom. The van der Waals surface area contributed by atoms with Gasteiger partial charge < -0.3 is 11.1 Å². The van der Waals surface area contributed by atoms with Gasteiger partial charge in [0.2, 0.25) is 0 Å². The molecule has 1 heterocycles. The van der Waals surface area contributed by atoms with Gasteiger partial charge in [-0.3, -0.25) is 9.78 Å². The van der Waals surface area contributed by atoms with Crippen molar-refractivity contribution in [3.63, 3.8) is 0 Å². The van der Waals surface area contributed by atoms with Crippen LogP contribution in [0.2, 0.25) is 0 Å². The van der Waals surface area contributed by atoms with Crippen molar-refractivity contribution < 1.29 is 4.79 Å². The van der Waals surface area contributed by atoms with Gasteiger partial charge >= 0.3 is 0 Å². The van der Waals surface area contributed by atoms with Crippen LogP contribution in [0.25, 0.3) is 0 Å². The van der Waals surface area contributed by atoms with Crippen LogP contribution in [0.4, 0.5) is 0 Å². The Bertz CT molecular complexity index is 417. The summed E-state index contributed by atoms with van der Waals surface area (Å²) in [5.41, 5.74) is 7.77. The molecule has 0 aliphatic heterocycles. The summed E-state index contributed by atoms with van der Waals surface area (Å²) in [6, 6.07) is 3.67. The Balaban J connectivity index is 2.94. The van der Waals surface area contributed by atoms with E-state index in [0.717, 1.165) is 24.2 Å². The summed E-state index contributed by atoms with van der Waals surface area (Å²) < 4.78 is 0. The fourth-order valence-corrected chi connectivity index (χ4v) is 2.00. The topological polar surface area (TPSA) is 68.0 Å². The number of amides is 1. The molecule has 0 radical (unpaired) electrons. The molecule has 0 unspecified atom stereocenters. The molecule has 0 spiro atoms. The van der Waals surface area contributed by atoms with Gasteiger partial charge in [-0.05, 0) is 38.8 Å². The lowest BCUT2D eigenvalue weighted by molar-refractivity contribution is 0.0894. The molecule has 0 saturated heterocycles. The molecule has 3 N–H and O–H groups in total. The number of aryl methyl sites for hydroxylation is 2. The van der Waals surface area contributed by atoms with E-state index >= 15 is 0 Å². The first-order valence-corrected chi connectivity index (χ1v) is 6.45. The maximum atomic E-state index is 12.3. The first-order valence-electron chi connectivity index (χ1n) is 6.45. The van der Waals surface area contributed by atoms with Crippen molar-refractivity contribution in [1.82, 2.24) is 10.3 Å². The van der Waals surface area contributed by atoms with Crippen LogP contribution in [0, 0.1) is 13.8 Å². The van der Waals surface area contributed by atoms with Gasteiger partial charge in [-0.2, -0.15) is 0 Å². The molecule has 1 aromatic heterocycles. The van der Waals surface area contributed by atoms with Gasteiger partial charge in [0.1, 0.15) is 0 Å². The Labute approximate surface area is 109 Å². The van der Waals surface area contributed by atoms with Gasteiger partial charge in [-0.15, -0.1) is 0 Å². The second-order valence-electron chi connectivity index (χ2n) is 4.73. The summed E-state index contributed by atoms with van der Waals surface area (Å²) in [5.74, 6) is -0.0887. The van der Waals surface area contributed by atoms with E-state index in [1.54, 1.807) is 0 Å². The van der Waals surface area contributed by atoms with E-state index in [1.165, 1.54) is 0 Å². The Kier molecular flexibility index (Phi) is 4.84. The number of nitrogens with zero attached hydrogens (tertiary/aromatic N) is 1. The van der Waals surface area contributed by atoms with Crippen LogP contribution in [0.15, 0.2) is 12.1 Å². The monoisotopic (exact) mass is 249 g/mol. The molecule has 18 heavy (non-hydrogen) atoms. The zero-order valence-corrected chi connectivity index (χ0v) is 11.7. The number of carbonyl (C=O) groups is 1. The number of hydrogen-bond donors (Lipinski definition) is 2. The number of nitrogens with two attached hydrogens (primary N) is 1. The van der Waals surface area contributed by atoms with E-state index in [-0.39, 0.29) is 11.4 Å². The van der Waals surface area contributed by atoms with Gasteiger partial charge in [0, 0.05) is 12.2 Å². The molecule has 0 aliphatic carbocycles. The molecule has 0 saturated carbocycles. The van der Waals surface area contributed by atoms with Crippen molar-refractivity contribution in [2.24, 2.45) is 5.73 Å². The van der Waals surface area contributed by atoms with Crippen LogP contribution in [0.1, 0.15) is 48.4 Å². The summed E-state index contributed by atoms with van der Waals surface area (Å²) in [5, 5.41) is 3.05. The number of hydrogen-bond acceptors (Lipinski definition) is 3. The summed E-state index contributed by atoms with van der Waals surface area (Å²) >= 11 is 0. The molecule has 0 atom stereocenters.